The fourth-order valence-corrected chi connectivity index (χ4v) is 1.78. The van der Waals surface area contributed by atoms with Crippen LogP contribution in [0.15, 0.2) is 18.2 Å². The lowest BCUT2D eigenvalue weighted by molar-refractivity contribution is -0.137. The third-order valence-corrected chi connectivity index (χ3v) is 3.06. The van der Waals surface area contributed by atoms with E-state index in [0.29, 0.717) is 18.7 Å². The van der Waals surface area contributed by atoms with Gasteiger partial charge in [0.1, 0.15) is 5.82 Å². The third-order valence-electron chi connectivity index (χ3n) is 3.06. The number of halogens is 1. The van der Waals surface area contributed by atoms with Crippen LogP contribution < -0.4 is 11.1 Å². The van der Waals surface area contributed by atoms with Gasteiger partial charge in [-0.05, 0) is 37.0 Å². The number of nitrogens with one attached hydrogen (secondary N) is 1. The van der Waals surface area contributed by atoms with E-state index in [1.165, 1.54) is 12.1 Å². The second-order valence-electron chi connectivity index (χ2n) is 4.81. The van der Waals surface area contributed by atoms with Gasteiger partial charge >= 0.3 is 5.97 Å². The van der Waals surface area contributed by atoms with Crippen LogP contribution in [0.4, 0.5) is 10.1 Å². The van der Waals surface area contributed by atoms with E-state index in [-0.39, 0.29) is 17.9 Å². The maximum atomic E-state index is 13.6. The van der Waals surface area contributed by atoms with Crippen LogP contribution in [-0.2, 0) is 4.79 Å². The normalized spacial score (nSPS) is 11.9. The van der Waals surface area contributed by atoms with Crippen LogP contribution in [0.2, 0.25) is 0 Å². The molecule has 0 saturated carbocycles. The maximum Gasteiger partial charge on any atom is 0.303 e. The quantitative estimate of drug-likeness (QED) is 0.681. The van der Waals surface area contributed by atoms with Gasteiger partial charge in [0.15, 0.2) is 0 Å². The van der Waals surface area contributed by atoms with Crippen LogP contribution in [-0.4, -0.2) is 23.5 Å². The van der Waals surface area contributed by atoms with Gasteiger partial charge in [0.25, 0.3) is 0 Å². The number of aliphatic carboxylic acids is 1. The Hall–Kier alpha value is -2.11. The molecule has 0 spiro atoms. The molecule has 0 radical (unpaired) electrons. The first-order valence-corrected chi connectivity index (χ1v) is 6.45. The highest BCUT2D eigenvalue weighted by molar-refractivity contribution is 5.93. The number of rotatable bonds is 8. The molecule has 0 fully saturated rings. The Balaban J connectivity index is 2.42. The van der Waals surface area contributed by atoms with Gasteiger partial charge in [0.05, 0.1) is 5.69 Å². The molecule has 1 unspecified atom stereocenters. The van der Waals surface area contributed by atoms with Gasteiger partial charge in [0, 0.05) is 18.5 Å². The first-order chi connectivity index (χ1) is 9.40. The van der Waals surface area contributed by atoms with Crippen LogP contribution in [0.25, 0.3) is 0 Å². The maximum absolute atomic E-state index is 13.6. The van der Waals surface area contributed by atoms with E-state index in [2.05, 4.69) is 5.32 Å². The molecule has 0 aliphatic carbocycles. The Morgan fingerprint density at radius 2 is 2.10 bits per heavy atom. The summed E-state index contributed by atoms with van der Waals surface area (Å²) in [5, 5.41) is 11.5. The van der Waals surface area contributed by atoms with Crippen LogP contribution in [0.1, 0.15) is 36.5 Å². The third kappa shape index (κ3) is 5.26. The lowest BCUT2D eigenvalue weighted by Crippen LogP contribution is -2.12. The van der Waals surface area contributed by atoms with E-state index >= 15 is 0 Å². The minimum Gasteiger partial charge on any atom is -0.481 e. The lowest BCUT2D eigenvalue weighted by Gasteiger charge is -2.12. The standard InChI is InChI=1S/C14H19FN2O3/c1-9(2-5-13(18)19)6-7-17-12-4-3-10(14(16)20)8-11(12)15/h3-4,8-9,17H,2,5-7H2,1H3,(H2,16,20)(H,18,19). The van der Waals surface area contributed by atoms with Crippen molar-refractivity contribution in [3.05, 3.63) is 29.6 Å². The molecular formula is C14H19FN2O3. The van der Waals surface area contributed by atoms with E-state index in [4.69, 9.17) is 10.8 Å². The lowest BCUT2D eigenvalue weighted by atomic mass is 10.0. The molecule has 110 valence electrons. The number of amides is 1. The smallest absolute Gasteiger partial charge is 0.303 e. The number of hydrogen-bond donors (Lipinski definition) is 3. The zero-order chi connectivity index (χ0) is 15.1. The summed E-state index contributed by atoms with van der Waals surface area (Å²) in [7, 11) is 0. The summed E-state index contributed by atoms with van der Waals surface area (Å²) in [6.45, 7) is 2.49. The number of hydrogen-bond acceptors (Lipinski definition) is 3. The minimum absolute atomic E-state index is 0.128. The second-order valence-corrected chi connectivity index (χ2v) is 4.81. The van der Waals surface area contributed by atoms with Crippen LogP contribution in [0, 0.1) is 11.7 Å². The van der Waals surface area contributed by atoms with E-state index in [0.717, 1.165) is 12.5 Å². The van der Waals surface area contributed by atoms with Crippen molar-refractivity contribution >= 4 is 17.6 Å². The van der Waals surface area contributed by atoms with Crippen molar-refractivity contribution < 1.29 is 19.1 Å². The zero-order valence-electron chi connectivity index (χ0n) is 11.4. The molecule has 1 atom stereocenters. The highest BCUT2D eigenvalue weighted by Gasteiger charge is 2.08. The Morgan fingerprint density at radius 1 is 1.40 bits per heavy atom. The monoisotopic (exact) mass is 282 g/mol. The van der Waals surface area contributed by atoms with E-state index < -0.39 is 17.7 Å². The average Bonchev–Trinajstić information content (AvgIpc) is 2.38. The van der Waals surface area contributed by atoms with Crippen molar-refractivity contribution in [1.82, 2.24) is 0 Å². The summed E-state index contributed by atoms with van der Waals surface area (Å²) in [5.41, 5.74) is 5.49. The van der Waals surface area contributed by atoms with Crippen LogP contribution >= 0.6 is 0 Å². The Bertz CT molecular complexity index is 491. The average molecular weight is 282 g/mol. The Kier molecular flexibility index (Phi) is 5.96. The number of nitrogens with two attached hydrogens (primary N) is 1. The van der Waals surface area contributed by atoms with Gasteiger partial charge in [-0.15, -0.1) is 0 Å². The Labute approximate surface area is 117 Å². The summed E-state index contributed by atoms with van der Waals surface area (Å²) in [4.78, 5) is 21.3. The molecular weight excluding hydrogens is 263 g/mol. The van der Waals surface area contributed by atoms with Crippen molar-refractivity contribution in [3.63, 3.8) is 0 Å². The summed E-state index contributed by atoms with van der Waals surface area (Å²) < 4.78 is 13.6. The van der Waals surface area contributed by atoms with Crippen molar-refractivity contribution in [2.24, 2.45) is 11.7 Å². The number of carboxylic acid groups (broad SMARTS) is 1. The second kappa shape index (κ2) is 7.47. The Morgan fingerprint density at radius 3 is 2.65 bits per heavy atom. The van der Waals surface area contributed by atoms with E-state index in [9.17, 15) is 14.0 Å². The van der Waals surface area contributed by atoms with Gasteiger partial charge in [-0.3, -0.25) is 9.59 Å². The highest BCUT2D eigenvalue weighted by Crippen LogP contribution is 2.17. The van der Waals surface area contributed by atoms with Crippen molar-refractivity contribution in [2.75, 3.05) is 11.9 Å². The predicted molar refractivity (Wildman–Crippen MR) is 74.1 cm³/mol. The first kappa shape index (κ1) is 15.9. The van der Waals surface area contributed by atoms with Gasteiger partial charge in [-0.2, -0.15) is 0 Å². The summed E-state index contributed by atoms with van der Waals surface area (Å²) >= 11 is 0. The summed E-state index contributed by atoms with van der Waals surface area (Å²) in [6.07, 6.45) is 1.48. The van der Waals surface area contributed by atoms with E-state index in [1.807, 2.05) is 6.92 Å². The largest absolute Gasteiger partial charge is 0.481 e. The van der Waals surface area contributed by atoms with E-state index in [1.54, 1.807) is 0 Å². The molecule has 0 saturated heterocycles. The zero-order valence-corrected chi connectivity index (χ0v) is 11.4. The SMILES string of the molecule is CC(CCNc1ccc(C(N)=O)cc1F)CCC(=O)O. The fraction of sp³-hybridized carbons (Fsp3) is 0.429. The van der Waals surface area contributed by atoms with Gasteiger partial charge < -0.3 is 16.2 Å². The highest BCUT2D eigenvalue weighted by atomic mass is 19.1. The van der Waals surface area contributed by atoms with Gasteiger partial charge in [-0.25, -0.2) is 4.39 Å². The van der Waals surface area contributed by atoms with Crippen LogP contribution in [0.3, 0.4) is 0 Å². The minimum atomic E-state index is -0.808. The summed E-state index contributed by atoms with van der Waals surface area (Å²) in [5.74, 6) is -1.76. The number of carboxylic acids is 1. The molecule has 5 nitrogen and oxygen atoms in total. The number of primary amides is 1. The predicted octanol–water partition coefficient (Wildman–Crippen LogP) is 2.23. The van der Waals surface area contributed by atoms with Crippen LogP contribution in [0.5, 0.6) is 0 Å². The summed E-state index contributed by atoms with van der Waals surface area (Å²) in [6, 6.07) is 4.03. The van der Waals surface area contributed by atoms with Gasteiger partial charge in [-0.1, -0.05) is 6.92 Å². The molecule has 0 heterocycles. The topological polar surface area (TPSA) is 92.4 Å². The van der Waals surface area contributed by atoms with Crippen molar-refractivity contribution in [1.29, 1.82) is 0 Å². The molecule has 1 amide bonds. The molecule has 0 aliphatic rings. The van der Waals surface area contributed by atoms with Crippen molar-refractivity contribution in [2.45, 2.75) is 26.2 Å². The molecule has 6 heteroatoms. The number of benzene rings is 1. The molecule has 1 aromatic carbocycles. The molecule has 20 heavy (non-hydrogen) atoms. The number of carbonyl (C=O) groups excluding carboxylic acids is 1. The number of anilines is 1. The molecule has 0 aliphatic heterocycles. The molecule has 0 aromatic heterocycles. The first-order valence-electron chi connectivity index (χ1n) is 6.45. The number of carbonyl (C=O) groups is 2. The van der Waals surface area contributed by atoms with Gasteiger partial charge in [0.2, 0.25) is 5.91 Å². The molecule has 1 aromatic rings. The molecule has 0 bridgehead atoms. The molecule has 4 N–H and O–H groups in total. The fourth-order valence-electron chi connectivity index (χ4n) is 1.78. The molecule has 1 rings (SSSR count). The van der Waals surface area contributed by atoms with Crippen molar-refractivity contribution in [3.8, 4) is 0 Å².